The number of hydrogen-bond donors (Lipinski definition) is 1. The second-order valence-electron chi connectivity index (χ2n) is 6.08. The summed E-state index contributed by atoms with van der Waals surface area (Å²) in [5.41, 5.74) is 11.9. The van der Waals surface area contributed by atoms with Crippen molar-refractivity contribution in [2.45, 2.75) is 32.0 Å². The van der Waals surface area contributed by atoms with Crippen molar-refractivity contribution < 1.29 is 4.79 Å². The standard InChI is InChI=1S/C18H20N4OS2/c1-10-5-11(2)7-14(6-10)22-12(3)8-15(13(22)4)16(23)9-24-18-21-20-17(19)25-18/h5-8H,9H2,1-4H3,(H2,19,20). The second kappa shape index (κ2) is 7.01. The molecule has 7 heteroatoms. The van der Waals surface area contributed by atoms with Crippen LogP contribution in [-0.2, 0) is 0 Å². The lowest BCUT2D eigenvalue weighted by molar-refractivity contribution is 0.102. The van der Waals surface area contributed by atoms with E-state index in [-0.39, 0.29) is 5.78 Å². The van der Waals surface area contributed by atoms with Crippen molar-refractivity contribution in [2.75, 3.05) is 11.5 Å². The lowest BCUT2D eigenvalue weighted by Crippen LogP contribution is -2.06. The van der Waals surface area contributed by atoms with Gasteiger partial charge in [0.25, 0.3) is 0 Å². The third-order valence-corrected chi connectivity index (χ3v) is 5.83. The summed E-state index contributed by atoms with van der Waals surface area (Å²) >= 11 is 2.67. The van der Waals surface area contributed by atoms with E-state index in [0.29, 0.717) is 15.2 Å². The highest BCUT2D eigenvalue weighted by Crippen LogP contribution is 2.27. The van der Waals surface area contributed by atoms with Crippen LogP contribution in [0.25, 0.3) is 5.69 Å². The van der Waals surface area contributed by atoms with E-state index in [2.05, 4.69) is 46.8 Å². The van der Waals surface area contributed by atoms with E-state index >= 15 is 0 Å². The van der Waals surface area contributed by atoms with Crippen LogP contribution in [0.3, 0.4) is 0 Å². The van der Waals surface area contributed by atoms with E-state index in [1.165, 1.54) is 34.2 Å². The van der Waals surface area contributed by atoms with Crippen molar-refractivity contribution in [3.8, 4) is 5.69 Å². The zero-order chi connectivity index (χ0) is 18.1. The Hall–Kier alpha value is -2.12. The molecule has 2 N–H and O–H groups in total. The quantitative estimate of drug-likeness (QED) is 0.539. The largest absolute Gasteiger partial charge is 0.374 e. The van der Waals surface area contributed by atoms with Gasteiger partial charge in [-0.1, -0.05) is 29.2 Å². The minimum Gasteiger partial charge on any atom is -0.374 e. The first-order valence-corrected chi connectivity index (χ1v) is 9.68. The van der Waals surface area contributed by atoms with Crippen molar-refractivity contribution in [3.63, 3.8) is 0 Å². The van der Waals surface area contributed by atoms with Gasteiger partial charge in [-0.25, -0.2) is 0 Å². The highest BCUT2D eigenvalue weighted by molar-refractivity contribution is 8.01. The van der Waals surface area contributed by atoms with Crippen LogP contribution in [0.1, 0.15) is 32.9 Å². The van der Waals surface area contributed by atoms with Gasteiger partial charge in [0.05, 0.1) is 5.75 Å². The molecule has 0 fully saturated rings. The number of aryl methyl sites for hydroxylation is 3. The number of nitrogen functional groups attached to an aromatic ring is 1. The number of nitrogens with two attached hydrogens (primary N) is 1. The Labute approximate surface area is 155 Å². The van der Waals surface area contributed by atoms with Gasteiger partial charge in [-0.15, -0.1) is 10.2 Å². The maximum Gasteiger partial charge on any atom is 0.203 e. The molecule has 0 radical (unpaired) electrons. The van der Waals surface area contributed by atoms with Gasteiger partial charge in [0.1, 0.15) is 0 Å². The Morgan fingerprint density at radius 2 is 1.80 bits per heavy atom. The lowest BCUT2D eigenvalue weighted by atomic mass is 10.1. The average molecular weight is 373 g/mol. The van der Waals surface area contributed by atoms with Crippen LogP contribution in [0.4, 0.5) is 5.13 Å². The van der Waals surface area contributed by atoms with Gasteiger partial charge in [0, 0.05) is 22.6 Å². The zero-order valence-electron chi connectivity index (χ0n) is 14.7. The van der Waals surface area contributed by atoms with Crippen molar-refractivity contribution in [3.05, 3.63) is 52.3 Å². The number of nitrogens with zero attached hydrogens (tertiary/aromatic N) is 3. The number of carbonyl (C=O) groups excluding carboxylic acids is 1. The maximum atomic E-state index is 12.7. The Morgan fingerprint density at radius 1 is 1.12 bits per heavy atom. The fourth-order valence-electron chi connectivity index (χ4n) is 3.01. The first-order chi connectivity index (χ1) is 11.8. The van der Waals surface area contributed by atoms with Gasteiger partial charge in [0.15, 0.2) is 10.1 Å². The first-order valence-electron chi connectivity index (χ1n) is 7.87. The van der Waals surface area contributed by atoms with E-state index in [1.807, 2.05) is 19.9 Å². The summed E-state index contributed by atoms with van der Waals surface area (Å²) in [5.74, 6) is 0.411. The van der Waals surface area contributed by atoms with Crippen LogP contribution >= 0.6 is 23.1 Å². The summed E-state index contributed by atoms with van der Waals surface area (Å²) < 4.78 is 2.86. The molecule has 5 nitrogen and oxygen atoms in total. The normalized spacial score (nSPS) is 11.0. The lowest BCUT2D eigenvalue weighted by Gasteiger charge is -2.12. The number of carbonyl (C=O) groups is 1. The number of thioether (sulfide) groups is 1. The number of anilines is 1. The number of ketones is 1. The molecule has 0 saturated heterocycles. The van der Waals surface area contributed by atoms with E-state index in [0.717, 1.165) is 22.6 Å². The van der Waals surface area contributed by atoms with Gasteiger partial charge in [0.2, 0.25) is 5.13 Å². The third kappa shape index (κ3) is 3.77. The molecule has 0 aliphatic carbocycles. The van der Waals surface area contributed by atoms with Crippen LogP contribution in [0.15, 0.2) is 28.6 Å². The van der Waals surface area contributed by atoms with Crippen LogP contribution in [0.5, 0.6) is 0 Å². The van der Waals surface area contributed by atoms with Crippen LogP contribution in [0.2, 0.25) is 0 Å². The summed E-state index contributed by atoms with van der Waals surface area (Å²) in [4.78, 5) is 12.7. The monoisotopic (exact) mass is 372 g/mol. The van der Waals surface area contributed by atoms with Gasteiger partial charge < -0.3 is 10.3 Å². The molecule has 25 heavy (non-hydrogen) atoms. The molecular weight excluding hydrogens is 352 g/mol. The molecule has 0 aliphatic rings. The van der Waals surface area contributed by atoms with Crippen molar-refractivity contribution in [1.82, 2.24) is 14.8 Å². The minimum atomic E-state index is 0.0856. The molecule has 0 atom stereocenters. The Balaban J connectivity index is 1.87. The van der Waals surface area contributed by atoms with Crippen LogP contribution in [0, 0.1) is 27.7 Å². The number of Topliss-reactive ketones (excluding diaryl/α,β-unsaturated/α-hetero) is 1. The number of rotatable bonds is 5. The fourth-order valence-corrected chi connectivity index (χ4v) is 4.53. The van der Waals surface area contributed by atoms with Gasteiger partial charge >= 0.3 is 0 Å². The topological polar surface area (TPSA) is 73.8 Å². The third-order valence-electron chi connectivity index (χ3n) is 3.95. The smallest absolute Gasteiger partial charge is 0.203 e. The van der Waals surface area contributed by atoms with Gasteiger partial charge in [-0.2, -0.15) is 0 Å². The first kappa shape index (κ1) is 17.7. The second-order valence-corrected chi connectivity index (χ2v) is 8.32. The predicted molar refractivity (Wildman–Crippen MR) is 104 cm³/mol. The number of hydrogen-bond acceptors (Lipinski definition) is 6. The predicted octanol–water partition coefficient (Wildman–Crippen LogP) is 4.12. The van der Waals surface area contributed by atoms with Crippen LogP contribution in [-0.4, -0.2) is 26.3 Å². The molecule has 130 valence electrons. The Morgan fingerprint density at radius 3 is 2.40 bits per heavy atom. The molecule has 0 bridgehead atoms. The maximum absolute atomic E-state index is 12.7. The molecule has 0 aliphatic heterocycles. The molecule has 1 aromatic carbocycles. The van der Waals surface area contributed by atoms with E-state index in [1.54, 1.807) is 0 Å². The summed E-state index contributed by atoms with van der Waals surface area (Å²) in [6.45, 7) is 8.19. The fraction of sp³-hybridized carbons (Fsp3) is 0.278. The number of aromatic nitrogens is 3. The SMILES string of the molecule is Cc1cc(C)cc(-n2c(C)cc(C(=O)CSc3nnc(N)s3)c2C)c1. The molecule has 0 amide bonds. The van der Waals surface area contributed by atoms with Crippen molar-refractivity contribution >= 4 is 34.0 Å². The van der Waals surface area contributed by atoms with Gasteiger partial charge in [-0.3, -0.25) is 4.79 Å². The van der Waals surface area contributed by atoms with E-state index in [9.17, 15) is 4.79 Å². The molecule has 3 aromatic rings. The highest BCUT2D eigenvalue weighted by atomic mass is 32.2. The summed E-state index contributed by atoms with van der Waals surface area (Å²) in [5, 5.41) is 8.13. The molecule has 2 heterocycles. The van der Waals surface area contributed by atoms with Crippen molar-refractivity contribution in [2.24, 2.45) is 0 Å². The van der Waals surface area contributed by atoms with Crippen LogP contribution < -0.4 is 5.73 Å². The Kier molecular flexibility index (Phi) is 4.96. The average Bonchev–Trinajstić information content (AvgIpc) is 3.07. The molecule has 0 spiro atoms. The molecule has 2 aromatic heterocycles. The zero-order valence-corrected chi connectivity index (χ0v) is 16.3. The molecule has 0 unspecified atom stereocenters. The molecule has 3 rings (SSSR count). The molecule has 0 saturated carbocycles. The van der Waals surface area contributed by atoms with Crippen molar-refractivity contribution in [1.29, 1.82) is 0 Å². The minimum absolute atomic E-state index is 0.0856. The van der Waals surface area contributed by atoms with E-state index in [4.69, 9.17) is 5.73 Å². The van der Waals surface area contributed by atoms with E-state index < -0.39 is 0 Å². The summed E-state index contributed by atoms with van der Waals surface area (Å²) in [6, 6.07) is 8.39. The highest BCUT2D eigenvalue weighted by Gasteiger charge is 2.18. The molecular formula is C18H20N4OS2. The summed E-state index contributed by atoms with van der Waals surface area (Å²) in [7, 11) is 0. The Bertz CT molecular complexity index is 922. The number of benzene rings is 1. The summed E-state index contributed by atoms with van der Waals surface area (Å²) in [6.07, 6.45) is 0. The van der Waals surface area contributed by atoms with Gasteiger partial charge in [-0.05, 0) is 57.0 Å².